The molecule has 1 saturated heterocycles. The number of rotatable bonds is 5. The number of benzene rings is 2. The first-order valence-corrected chi connectivity index (χ1v) is 10.4. The molecule has 1 fully saturated rings. The lowest BCUT2D eigenvalue weighted by atomic mass is 10.2. The second-order valence-corrected chi connectivity index (χ2v) is 7.79. The lowest BCUT2D eigenvalue weighted by Crippen LogP contribution is -2.44. The van der Waals surface area contributed by atoms with E-state index < -0.39 is 0 Å². The van der Waals surface area contributed by atoms with Gasteiger partial charge in [0.15, 0.2) is 5.96 Å². The summed E-state index contributed by atoms with van der Waals surface area (Å²) in [4.78, 5) is 11.1. The van der Waals surface area contributed by atoms with Gasteiger partial charge in [-0.3, -0.25) is 4.99 Å². The smallest absolute Gasteiger partial charge is 0.246 e. The Hall–Kier alpha value is -3.06. The summed E-state index contributed by atoms with van der Waals surface area (Å²) in [5.74, 6) is 1.75. The van der Waals surface area contributed by atoms with Gasteiger partial charge in [-0.05, 0) is 49.7 Å². The molecule has 0 amide bonds. The fraction of sp³-hybridized carbons (Fsp3) is 0.318. The maximum absolute atomic E-state index is 5.93. The molecule has 2 N–H and O–H groups in total. The van der Waals surface area contributed by atoms with Gasteiger partial charge in [0.2, 0.25) is 11.7 Å². The molecule has 1 atom stereocenters. The third kappa shape index (κ3) is 4.91. The van der Waals surface area contributed by atoms with Crippen LogP contribution in [-0.4, -0.2) is 42.3 Å². The van der Waals surface area contributed by atoms with Crippen LogP contribution in [0.25, 0.3) is 11.4 Å². The van der Waals surface area contributed by atoms with Crippen molar-refractivity contribution in [3.63, 3.8) is 0 Å². The largest absolute Gasteiger partial charge is 0.369 e. The van der Waals surface area contributed by atoms with Crippen molar-refractivity contribution in [2.24, 2.45) is 4.99 Å². The molecule has 2 aromatic carbocycles. The van der Waals surface area contributed by atoms with Gasteiger partial charge in [0.05, 0.1) is 6.54 Å². The van der Waals surface area contributed by atoms with Crippen molar-refractivity contribution < 1.29 is 4.52 Å². The van der Waals surface area contributed by atoms with Crippen LogP contribution in [0.1, 0.15) is 17.9 Å². The maximum Gasteiger partial charge on any atom is 0.246 e. The third-order valence-electron chi connectivity index (χ3n) is 5.13. The Morgan fingerprint density at radius 1 is 1.20 bits per heavy atom. The summed E-state index contributed by atoms with van der Waals surface area (Å²) >= 11 is 5.93. The number of nitrogens with one attached hydrogen (secondary N) is 2. The Morgan fingerprint density at radius 3 is 2.70 bits per heavy atom. The first-order chi connectivity index (χ1) is 14.6. The Kier molecular flexibility index (Phi) is 6.18. The number of guanidine groups is 1. The van der Waals surface area contributed by atoms with Crippen molar-refractivity contribution in [3.8, 4) is 11.4 Å². The van der Waals surface area contributed by atoms with Crippen LogP contribution in [0, 0.1) is 6.92 Å². The minimum atomic E-state index is 0.324. The summed E-state index contributed by atoms with van der Waals surface area (Å²) in [6.07, 6.45) is 1.05. The van der Waals surface area contributed by atoms with Crippen molar-refractivity contribution in [1.29, 1.82) is 0 Å². The molecule has 1 aliphatic heterocycles. The van der Waals surface area contributed by atoms with Gasteiger partial charge >= 0.3 is 0 Å². The van der Waals surface area contributed by atoms with Crippen LogP contribution in [0.15, 0.2) is 58.0 Å². The molecular weight excluding hydrogens is 400 g/mol. The van der Waals surface area contributed by atoms with Crippen LogP contribution < -0.4 is 15.5 Å². The number of nitrogens with zero attached hydrogens (tertiary/aromatic N) is 4. The summed E-state index contributed by atoms with van der Waals surface area (Å²) in [7, 11) is 1.76. The van der Waals surface area contributed by atoms with Crippen molar-refractivity contribution in [2.45, 2.75) is 25.9 Å². The van der Waals surface area contributed by atoms with E-state index in [1.54, 1.807) is 19.2 Å². The normalized spacial score (nSPS) is 16.7. The van der Waals surface area contributed by atoms with Gasteiger partial charge in [-0.15, -0.1) is 0 Å². The summed E-state index contributed by atoms with van der Waals surface area (Å²) < 4.78 is 5.35. The molecule has 8 heteroatoms. The highest BCUT2D eigenvalue weighted by Crippen LogP contribution is 2.21. The lowest BCUT2D eigenvalue weighted by Gasteiger charge is -2.20. The van der Waals surface area contributed by atoms with Gasteiger partial charge in [-0.1, -0.05) is 34.5 Å². The van der Waals surface area contributed by atoms with E-state index in [2.05, 4.69) is 61.9 Å². The van der Waals surface area contributed by atoms with Gasteiger partial charge in [0, 0.05) is 42.5 Å². The van der Waals surface area contributed by atoms with Gasteiger partial charge in [0.1, 0.15) is 0 Å². The van der Waals surface area contributed by atoms with Crippen LogP contribution >= 0.6 is 11.6 Å². The Labute approximate surface area is 181 Å². The fourth-order valence-corrected chi connectivity index (χ4v) is 3.58. The Morgan fingerprint density at radius 2 is 1.97 bits per heavy atom. The minimum Gasteiger partial charge on any atom is -0.369 e. The summed E-state index contributed by atoms with van der Waals surface area (Å²) in [6.45, 7) is 4.46. The maximum atomic E-state index is 5.93. The van der Waals surface area contributed by atoms with Crippen molar-refractivity contribution in [2.75, 3.05) is 25.0 Å². The molecule has 0 radical (unpaired) electrons. The molecule has 0 bridgehead atoms. The van der Waals surface area contributed by atoms with E-state index in [9.17, 15) is 0 Å². The number of hydrogen-bond acceptors (Lipinski definition) is 5. The number of halogens is 1. The second kappa shape index (κ2) is 9.17. The number of anilines is 1. The monoisotopic (exact) mass is 424 g/mol. The number of aliphatic imine (C=N–C) groups is 1. The van der Waals surface area contributed by atoms with Gasteiger partial charge in [-0.25, -0.2) is 0 Å². The molecular formula is C22H25ClN6O. The topological polar surface area (TPSA) is 78.6 Å². The molecule has 7 nitrogen and oxygen atoms in total. The molecule has 1 unspecified atom stereocenters. The third-order valence-corrected chi connectivity index (χ3v) is 5.38. The molecule has 4 rings (SSSR count). The zero-order valence-electron chi connectivity index (χ0n) is 17.1. The van der Waals surface area contributed by atoms with Crippen LogP contribution in [0.3, 0.4) is 0 Å². The standard InChI is InChI=1S/C22H25ClN6O/c1-15-3-9-19(10-4-15)29-12-11-18(14-29)26-22(24-2)25-13-20-27-21(28-30-20)16-5-7-17(23)8-6-16/h3-10,18H,11-14H2,1-2H3,(H2,24,25,26). The van der Waals surface area contributed by atoms with E-state index >= 15 is 0 Å². The SMILES string of the molecule is CN=C(NCc1nc(-c2ccc(Cl)cc2)no1)NC1CCN(c2ccc(C)cc2)C1. The average Bonchev–Trinajstić information content (AvgIpc) is 3.42. The molecule has 30 heavy (non-hydrogen) atoms. The predicted molar refractivity (Wildman–Crippen MR) is 120 cm³/mol. The second-order valence-electron chi connectivity index (χ2n) is 7.36. The first-order valence-electron chi connectivity index (χ1n) is 9.98. The fourth-order valence-electron chi connectivity index (χ4n) is 3.46. The zero-order valence-corrected chi connectivity index (χ0v) is 17.9. The van der Waals surface area contributed by atoms with Crippen molar-refractivity contribution >= 4 is 23.2 Å². The number of aryl methyl sites for hydroxylation is 1. The highest BCUT2D eigenvalue weighted by molar-refractivity contribution is 6.30. The molecule has 0 spiro atoms. The Balaban J connectivity index is 1.29. The van der Waals surface area contributed by atoms with Crippen LogP contribution in [0.5, 0.6) is 0 Å². The molecule has 0 saturated carbocycles. The lowest BCUT2D eigenvalue weighted by molar-refractivity contribution is 0.375. The van der Waals surface area contributed by atoms with Gasteiger partial charge < -0.3 is 20.1 Å². The molecule has 3 aromatic rings. The van der Waals surface area contributed by atoms with E-state index in [1.807, 2.05) is 12.1 Å². The minimum absolute atomic E-state index is 0.324. The molecule has 0 aliphatic carbocycles. The van der Waals surface area contributed by atoms with E-state index in [0.29, 0.717) is 29.3 Å². The van der Waals surface area contributed by atoms with Crippen molar-refractivity contribution in [3.05, 3.63) is 65.0 Å². The molecule has 156 valence electrons. The van der Waals surface area contributed by atoms with E-state index in [1.165, 1.54) is 11.3 Å². The highest BCUT2D eigenvalue weighted by Gasteiger charge is 2.23. The first kappa shape index (κ1) is 20.2. The summed E-state index contributed by atoms with van der Waals surface area (Å²) in [5.41, 5.74) is 3.39. The summed E-state index contributed by atoms with van der Waals surface area (Å²) in [5, 5.41) is 11.4. The van der Waals surface area contributed by atoms with Crippen LogP contribution in [0.4, 0.5) is 5.69 Å². The van der Waals surface area contributed by atoms with Gasteiger partial charge in [0.25, 0.3) is 0 Å². The molecule has 1 aromatic heterocycles. The molecule has 2 heterocycles. The number of aromatic nitrogens is 2. The van der Waals surface area contributed by atoms with Crippen LogP contribution in [0.2, 0.25) is 5.02 Å². The Bertz CT molecular complexity index is 999. The van der Waals surface area contributed by atoms with Crippen molar-refractivity contribution in [1.82, 2.24) is 20.8 Å². The number of hydrogen-bond donors (Lipinski definition) is 2. The van der Waals surface area contributed by atoms with Gasteiger partial charge in [-0.2, -0.15) is 4.98 Å². The van der Waals surface area contributed by atoms with E-state index in [-0.39, 0.29) is 0 Å². The average molecular weight is 425 g/mol. The van der Waals surface area contributed by atoms with E-state index in [0.717, 1.165) is 31.0 Å². The van der Waals surface area contributed by atoms with Crippen LogP contribution in [-0.2, 0) is 6.54 Å². The van der Waals surface area contributed by atoms with E-state index in [4.69, 9.17) is 16.1 Å². The highest BCUT2D eigenvalue weighted by atomic mass is 35.5. The zero-order chi connectivity index (χ0) is 20.9. The predicted octanol–water partition coefficient (Wildman–Crippen LogP) is 3.64. The summed E-state index contributed by atoms with van der Waals surface area (Å²) in [6, 6.07) is 16.3. The quantitative estimate of drug-likeness (QED) is 0.481. The molecule has 1 aliphatic rings.